The van der Waals surface area contributed by atoms with Crippen molar-refractivity contribution in [2.75, 3.05) is 14.1 Å². The average Bonchev–Trinajstić information content (AvgIpc) is 3.47. The van der Waals surface area contributed by atoms with Crippen molar-refractivity contribution in [1.82, 2.24) is 0 Å². The largest absolute Gasteiger partial charge is 0.461 e. The minimum atomic E-state index is -0.817. The van der Waals surface area contributed by atoms with Crippen LogP contribution in [-0.2, 0) is 19.7 Å². The van der Waals surface area contributed by atoms with Gasteiger partial charge in [0, 0.05) is 12.8 Å². The average molecular weight is 378 g/mol. The first-order chi connectivity index (χ1) is 13.4. The van der Waals surface area contributed by atoms with E-state index >= 15 is 0 Å². The summed E-state index contributed by atoms with van der Waals surface area (Å²) in [4.78, 5) is 13.6. The number of quaternary nitrogens is 1. The molecule has 0 N–H and O–H groups in total. The molecular formula is C24H28NO3+. The Morgan fingerprint density at radius 1 is 0.929 bits per heavy atom. The van der Waals surface area contributed by atoms with Crippen LogP contribution in [0.2, 0.25) is 0 Å². The van der Waals surface area contributed by atoms with Gasteiger partial charge in [0.25, 0.3) is 0 Å². The summed E-state index contributed by atoms with van der Waals surface area (Å²) in [6, 6.07) is 20.8. The number of hydrogen-bond donors (Lipinski definition) is 0. The molecule has 0 saturated carbocycles. The van der Waals surface area contributed by atoms with E-state index in [1.807, 2.05) is 67.6 Å². The minimum Gasteiger partial charge on any atom is -0.461 e. The molecule has 2 aromatic rings. The second-order valence-corrected chi connectivity index (χ2v) is 9.18. The van der Waals surface area contributed by atoms with Crippen molar-refractivity contribution < 1.29 is 18.8 Å². The van der Waals surface area contributed by atoms with Crippen molar-refractivity contribution in [3.05, 3.63) is 71.8 Å². The molecule has 4 heteroatoms. The lowest BCUT2D eigenvalue weighted by atomic mass is 9.76. The Hall–Kier alpha value is -2.17. The first-order valence-corrected chi connectivity index (χ1v) is 10.2. The predicted molar refractivity (Wildman–Crippen MR) is 107 cm³/mol. The van der Waals surface area contributed by atoms with E-state index in [4.69, 9.17) is 9.47 Å². The highest BCUT2D eigenvalue weighted by Crippen LogP contribution is 2.52. The number of esters is 1. The molecule has 3 aliphatic rings. The maximum Gasteiger partial charge on any atom is 0.321 e. The smallest absolute Gasteiger partial charge is 0.321 e. The highest BCUT2D eigenvalue weighted by molar-refractivity contribution is 5.87. The number of carbonyl (C=O) groups excluding carboxylic acids is 1. The number of hydrogen-bond acceptors (Lipinski definition) is 3. The van der Waals surface area contributed by atoms with Crippen LogP contribution in [0, 0.1) is 0 Å². The van der Waals surface area contributed by atoms with Gasteiger partial charge in [-0.2, -0.15) is 0 Å². The summed E-state index contributed by atoms with van der Waals surface area (Å²) < 4.78 is 13.1. The molecule has 4 unspecified atom stereocenters. The van der Waals surface area contributed by atoms with Gasteiger partial charge in [0.2, 0.25) is 0 Å². The molecule has 0 aromatic heterocycles. The number of epoxide rings is 1. The number of likely N-dealkylation sites (N-methyl/N-ethyl adjacent to an activating group) is 1. The first kappa shape index (κ1) is 17.9. The van der Waals surface area contributed by atoms with Gasteiger partial charge < -0.3 is 14.0 Å². The number of benzene rings is 2. The van der Waals surface area contributed by atoms with Crippen LogP contribution in [0.3, 0.4) is 0 Å². The van der Waals surface area contributed by atoms with Gasteiger partial charge in [-0.05, 0) is 18.1 Å². The molecule has 2 aromatic carbocycles. The van der Waals surface area contributed by atoms with E-state index < -0.39 is 5.41 Å². The van der Waals surface area contributed by atoms with Crippen LogP contribution in [0.15, 0.2) is 60.7 Å². The second-order valence-electron chi connectivity index (χ2n) is 9.18. The Kier molecular flexibility index (Phi) is 3.94. The van der Waals surface area contributed by atoms with E-state index in [2.05, 4.69) is 14.1 Å². The van der Waals surface area contributed by atoms with Gasteiger partial charge in [-0.25, -0.2) is 0 Å². The molecule has 0 amide bonds. The van der Waals surface area contributed by atoms with Gasteiger partial charge in [0.15, 0.2) is 0 Å². The molecule has 28 heavy (non-hydrogen) atoms. The topological polar surface area (TPSA) is 38.8 Å². The molecule has 3 fully saturated rings. The SMILES string of the molecule is CC(C(=O)OC1CC2C3O[C@H]3C(C1)[N+]2(C)C)(c1ccccc1)c1ccccc1. The highest BCUT2D eigenvalue weighted by atomic mass is 16.6. The minimum absolute atomic E-state index is 0.0307. The Morgan fingerprint density at radius 3 is 1.86 bits per heavy atom. The van der Waals surface area contributed by atoms with E-state index in [9.17, 15) is 4.79 Å². The van der Waals surface area contributed by atoms with Crippen LogP contribution in [0.5, 0.6) is 0 Å². The molecule has 2 bridgehead atoms. The Bertz CT molecular complexity index is 820. The summed E-state index contributed by atoms with van der Waals surface area (Å²) >= 11 is 0. The predicted octanol–water partition coefficient (Wildman–Crippen LogP) is 3.29. The standard InChI is InChI=1S/C24H28NO3/c1-24(16-10-6-4-7-11-16,17-12-8-5-9-13-17)23(26)27-18-14-19-21-22(28-21)20(15-18)25(19,2)3/h4-13,18-22H,14-15H2,1-3H3/q+1/t18?,19?,20?,21-,22?/m0/s1. The third-order valence-electron chi connectivity index (χ3n) is 7.42. The Balaban J connectivity index is 1.42. The van der Waals surface area contributed by atoms with Crippen LogP contribution in [0.25, 0.3) is 0 Å². The lowest BCUT2D eigenvalue weighted by Gasteiger charge is -2.45. The zero-order valence-corrected chi connectivity index (χ0v) is 16.7. The molecule has 0 aliphatic carbocycles. The van der Waals surface area contributed by atoms with Crippen molar-refractivity contribution in [3.8, 4) is 0 Å². The fourth-order valence-corrected chi connectivity index (χ4v) is 5.52. The van der Waals surface area contributed by atoms with Gasteiger partial charge in [0.1, 0.15) is 35.8 Å². The Morgan fingerprint density at radius 2 is 1.39 bits per heavy atom. The summed E-state index contributed by atoms with van der Waals surface area (Å²) in [7, 11) is 4.59. The molecule has 3 heterocycles. The second kappa shape index (κ2) is 6.16. The van der Waals surface area contributed by atoms with Crippen molar-refractivity contribution in [3.63, 3.8) is 0 Å². The van der Waals surface area contributed by atoms with E-state index in [1.54, 1.807) is 0 Å². The molecule has 3 aliphatic heterocycles. The van der Waals surface area contributed by atoms with Gasteiger partial charge in [-0.3, -0.25) is 4.79 Å². The Labute approximate surface area is 166 Å². The summed E-state index contributed by atoms with van der Waals surface area (Å²) in [5.74, 6) is -0.156. The zero-order chi connectivity index (χ0) is 19.5. The summed E-state index contributed by atoms with van der Waals surface area (Å²) in [6.45, 7) is 1.98. The van der Waals surface area contributed by atoms with Crippen LogP contribution >= 0.6 is 0 Å². The van der Waals surface area contributed by atoms with Gasteiger partial charge >= 0.3 is 5.97 Å². The third kappa shape index (κ3) is 2.55. The van der Waals surface area contributed by atoms with E-state index in [0.717, 1.165) is 28.5 Å². The molecule has 0 radical (unpaired) electrons. The monoisotopic (exact) mass is 378 g/mol. The molecule has 146 valence electrons. The lowest BCUT2D eigenvalue weighted by molar-refractivity contribution is -0.938. The van der Waals surface area contributed by atoms with Crippen LogP contribution in [0.4, 0.5) is 0 Å². The van der Waals surface area contributed by atoms with Gasteiger partial charge in [-0.1, -0.05) is 60.7 Å². The molecule has 5 atom stereocenters. The summed E-state index contributed by atoms with van der Waals surface area (Å²) in [5, 5.41) is 0. The number of piperidine rings is 1. The number of morpholine rings is 1. The fourth-order valence-electron chi connectivity index (χ4n) is 5.52. The molecular weight excluding hydrogens is 350 g/mol. The quantitative estimate of drug-likeness (QED) is 0.466. The van der Waals surface area contributed by atoms with Gasteiger partial charge in [0.05, 0.1) is 14.1 Å². The van der Waals surface area contributed by atoms with E-state index in [1.165, 1.54) is 0 Å². The lowest BCUT2D eigenvalue weighted by Crippen LogP contribution is -2.60. The molecule has 3 saturated heterocycles. The van der Waals surface area contributed by atoms with Crippen molar-refractivity contribution in [1.29, 1.82) is 0 Å². The van der Waals surface area contributed by atoms with Crippen LogP contribution in [-0.4, -0.2) is 54.9 Å². The number of carbonyl (C=O) groups is 1. The normalized spacial score (nSPS) is 32.5. The van der Waals surface area contributed by atoms with E-state index in [0.29, 0.717) is 24.3 Å². The maximum atomic E-state index is 13.6. The van der Waals surface area contributed by atoms with Gasteiger partial charge in [-0.15, -0.1) is 0 Å². The molecule has 0 spiro atoms. The van der Waals surface area contributed by atoms with Crippen molar-refractivity contribution in [2.24, 2.45) is 0 Å². The highest BCUT2D eigenvalue weighted by Gasteiger charge is 2.70. The number of fused-ring (bicyclic) bond motifs is 5. The summed E-state index contributed by atoms with van der Waals surface area (Å²) in [5.41, 5.74) is 1.11. The number of nitrogens with zero attached hydrogens (tertiary/aromatic N) is 1. The van der Waals surface area contributed by atoms with Crippen molar-refractivity contribution in [2.45, 2.75) is 55.6 Å². The van der Waals surface area contributed by atoms with E-state index in [-0.39, 0.29) is 12.1 Å². The number of rotatable bonds is 4. The summed E-state index contributed by atoms with van der Waals surface area (Å²) in [6.07, 6.45) is 2.46. The number of ether oxygens (including phenoxy) is 2. The fraction of sp³-hybridized carbons (Fsp3) is 0.458. The third-order valence-corrected chi connectivity index (χ3v) is 7.42. The van der Waals surface area contributed by atoms with Crippen molar-refractivity contribution >= 4 is 5.97 Å². The maximum absolute atomic E-state index is 13.6. The van der Waals surface area contributed by atoms with Crippen LogP contribution in [0.1, 0.15) is 30.9 Å². The zero-order valence-electron chi connectivity index (χ0n) is 16.7. The first-order valence-electron chi connectivity index (χ1n) is 10.2. The molecule has 5 rings (SSSR count). The molecule has 4 nitrogen and oxygen atoms in total. The van der Waals surface area contributed by atoms with Crippen LogP contribution < -0.4 is 0 Å².